The number of carbonyl (C=O) groups is 1. The molecule has 90 valence electrons. The van der Waals surface area contributed by atoms with Gasteiger partial charge >= 0.3 is 0 Å². The van der Waals surface area contributed by atoms with Gasteiger partial charge in [0.1, 0.15) is 0 Å². The van der Waals surface area contributed by atoms with Gasteiger partial charge in [0.05, 0.1) is 19.5 Å². The second kappa shape index (κ2) is 7.84. The Bertz CT molecular complexity index is 287. The average Bonchev–Trinajstić information content (AvgIpc) is 2.77. The van der Waals surface area contributed by atoms with Gasteiger partial charge in [-0.15, -0.1) is 0 Å². The molecule has 0 fully saturated rings. The SMILES string of the molecule is COCCNCC(=O)NCCc1cnc[nH]1. The topological polar surface area (TPSA) is 79.0 Å². The second-order valence-corrected chi connectivity index (χ2v) is 3.35. The largest absolute Gasteiger partial charge is 0.383 e. The maximum atomic E-state index is 11.3. The van der Waals surface area contributed by atoms with Crippen LogP contribution in [0.5, 0.6) is 0 Å². The zero-order valence-electron chi connectivity index (χ0n) is 9.45. The molecule has 1 rings (SSSR count). The van der Waals surface area contributed by atoms with Crippen LogP contribution in [0.1, 0.15) is 5.69 Å². The minimum atomic E-state index is -0.00406. The first kappa shape index (κ1) is 12.7. The van der Waals surface area contributed by atoms with E-state index in [1.165, 1.54) is 0 Å². The Morgan fingerprint density at radius 1 is 1.56 bits per heavy atom. The van der Waals surface area contributed by atoms with Gasteiger partial charge in [-0.25, -0.2) is 4.98 Å². The predicted octanol–water partition coefficient (Wildman–Crippen LogP) is -0.696. The van der Waals surface area contributed by atoms with E-state index in [0.29, 0.717) is 26.2 Å². The Labute approximate surface area is 94.8 Å². The number of H-pyrrole nitrogens is 1. The molecule has 0 spiro atoms. The number of aromatic amines is 1. The highest BCUT2D eigenvalue weighted by Crippen LogP contribution is 1.89. The first-order valence-electron chi connectivity index (χ1n) is 5.26. The molecule has 0 atom stereocenters. The third kappa shape index (κ3) is 5.47. The molecule has 0 saturated heterocycles. The molecular weight excluding hydrogens is 208 g/mol. The molecule has 0 bridgehead atoms. The van der Waals surface area contributed by atoms with Crippen molar-refractivity contribution in [3.8, 4) is 0 Å². The zero-order chi connectivity index (χ0) is 11.6. The van der Waals surface area contributed by atoms with E-state index in [9.17, 15) is 4.79 Å². The molecule has 3 N–H and O–H groups in total. The molecule has 1 amide bonds. The molecule has 0 aromatic carbocycles. The number of aromatic nitrogens is 2. The standard InChI is InChI=1S/C10H18N4O2/c1-16-5-4-11-7-10(15)13-3-2-9-6-12-8-14-9/h6,8,11H,2-5,7H2,1H3,(H,12,14)(H,13,15). The predicted molar refractivity (Wildman–Crippen MR) is 60.0 cm³/mol. The van der Waals surface area contributed by atoms with Crippen molar-refractivity contribution in [3.05, 3.63) is 18.2 Å². The summed E-state index contributed by atoms with van der Waals surface area (Å²) in [5.41, 5.74) is 1.02. The number of ether oxygens (including phenoxy) is 1. The van der Waals surface area contributed by atoms with Crippen LogP contribution in [0, 0.1) is 0 Å². The maximum absolute atomic E-state index is 11.3. The van der Waals surface area contributed by atoms with E-state index in [1.54, 1.807) is 19.6 Å². The van der Waals surface area contributed by atoms with Crippen molar-refractivity contribution < 1.29 is 9.53 Å². The fraction of sp³-hybridized carbons (Fsp3) is 0.600. The van der Waals surface area contributed by atoms with Gasteiger partial charge in [-0.3, -0.25) is 4.79 Å². The molecule has 6 nitrogen and oxygen atoms in total. The lowest BCUT2D eigenvalue weighted by Gasteiger charge is -2.05. The van der Waals surface area contributed by atoms with Crippen molar-refractivity contribution in [2.24, 2.45) is 0 Å². The molecule has 16 heavy (non-hydrogen) atoms. The summed E-state index contributed by atoms with van der Waals surface area (Å²) in [5, 5.41) is 5.78. The minimum absolute atomic E-state index is 0.00406. The second-order valence-electron chi connectivity index (χ2n) is 3.35. The lowest BCUT2D eigenvalue weighted by atomic mass is 10.3. The minimum Gasteiger partial charge on any atom is -0.383 e. The number of carbonyl (C=O) groups excluding carboxylic acids is 1. The van der Waals surface area contributed by atoms with E-state index in [4.69, 9.17) is 4.74 Å². The van der Waals surface area contributed by atoms with Crippen molar-refractivity contribution in [2.75, 3.05) is 33.4 Å². The van der Waals surface area contributed by atoms with E-state index in [1.807, 2.05) is 0 Å². The van der Waals surface area contributed by atoms with Crippen LogP contribution in [0.25, 0.3) is 0 Å². The van der Waals surface area contributed by atoms with Crippen LogP contribution in [0.15, 0.2) is 12.5 Å². The Morgan fingerprint density at radius 2 is 2.44 bits per heavy atom. The number of amides is 1. The normalized spacial score (nSPS) is 10.3. The van der Waals surface area contributed by atoms with Crippen LogP contribution in [0.3, 0.4) is 0 Å². The molecule has 0 saturated carbocycles. The molecule has 1 aromatic rings. The summed E-state index contributed by atoms with van der Waals surface area (Å²) in [5.74, 6) is -0.00406. The van der Waals surface area contributed by atoms with Crippen molar-refractivity contribution in [2.45, 2.75) is 6.42 Å². The summed E-state index contributed by atoms with van der Waals surface area (Å²) in [4.78, 5) is 18.2. The third-order valence-electron chi connectivity index (χ3n) is 2.04. The van der Waals surface area contributed by atoms with Crippen molar-refractivity contribution in [1.82, 2.24) is 20.6 Å². The lowest BCUT2D eigenvalue weighted by Crippen LogP contribution is -2.36. The number of methoxy groups -OCH3 is 1. The Balaban J connectivity index is 1.98. The molecule has 1 heterocycles. The Hall–Kier alpha value is -1.40. The molecule has 0 radical (unpaired) electrons. The van der Waals surface area contributed by atoms with E-state index in [-0.39, 0.29) is 5.91 Å². The first-order chi connectivity index (χ1) is 7.83. The Morgan fingerprint density at radius 3 is 3.12 bits per heavy atom. The molecule has 0 aliphatic heterocycles. The zero-order valence-corrected chi connectivity index (χ0v) is 9.45. The fourth-order valence-corrected chi connectivity index (χ4v) is 1.20. The molecule has 6 heteroatoms. The number of imidazole rings is 1. The van der Waals surface area contributed by atoms with Crippen molar-refractivity contribution in [1.29, 1.82) is 0 Å². The first-order valence-corrected chi connectivity index (χ1v) is 5.26. The van der Waals surface area contributed by atoms with Gasteiger partial charge in [0.15, 0.2) is 0 Å². The monoisotopic (exact) mass is 226 g/mol. The molecule has 0 aliphatic rings. The highest BCUT2D eigenvalue weighted by atomic mass is 16.5. The summed E-state index contributed by atoms with van der Waals surface area (Å²) < 4.78 is 4.85. The molecular formula is C10H18N4O2. The van der Waals surface area contributed by atoms with Crippen LogP contribution >= 0.6 is 0 Å². The van der Waals surface area contributed by atoms with Gasteiger partial charge in [0.25, 0.3) is 0 Å². The molecule has 1 aromatic heterocycles. The van der Waals surface area contributed by atoms with Crippen LogP contribution in [-0.4, -0.2) is 49.2 Å². The number of hydrogen-bond donors (Lipinski definition) is 3. The average molecular weight is 226 g/mol. The van der Waals surface area contributed by atoms with Crippen molar-refractivity contribution in [3.63, 3.8) is 0 Å². The maximum Gasteiger partial charge on any atom is 0.233 e. The van der Waals surface area contributed by atoms with E-state index in [0.717, 1.165) is 12.1 Å². The van der Waals surface area contributed by atoms with Gasteiger partial charge in [-0.1, -0.05) is 0 Å². The molecule has 0 unspecified atom stereocenters. The summed E-state index contributed by atoms with van der Waals surface area (Å²) in [6, 6.07) is 0. The molecule has 0 aliphatic carbocycles. The van der Waals surface area contributed by atoms with Gasteiger partial charge in [-0.05, 0) is 0 Å². The van der Waals surface area contributed by atoms with Crippen LogP contribution in [-0.2, 0) is 16.0 Å². The van der Waals surface area contributed by atoms with Gasteiger partial charge in [0.2, 0.25) is 5.91 Å². The highest BCUT2D eigenvalue weighted by molar-refractivity contribution is 5.77. The smallest absolute Gasteiger partial charge is 0.233 e. The third-order valence-corrected chi connectivity index (χ3v) is 2.04. The number of nitrogens with one attached hydrogen (secondary N) is 3. The van der Waals surface area contributed by atoms with Crippen LogP contribution < -0.4 is 10.6 Å². The van der Waals surface area contributed by atoms with E-state index >= 15 is 0 Å². The van der Waals surface area contributed by atoms with E-state index in [2.05, 4.69) is 20.6 Å². The Kier molecular flexibility index (Phi) is 6.20. The number of rotatable bonds is 8. The quantitative estimate of drug-likeness (QED) is 0.512. The van der Waals surface area contributed by atoms with E-state index < -0.39 is 0 Å². The van der Waals surface area contributed by atoms with Gasteiger partial charge in [0, 0.05) is 38.5 Å². The number of hydrogen-bond acceptors (Lipinski definition) is 4. The summed E-state index contributed by atoms with van der Waals surface area (Å²) >= 11 is 0. The highest BCUT2D eigenvalue weighted by Gasteiger charge is 2.00. The fourth-order valence-electron chi connectivity index (χ4n) is 1.20. The van der Waals surface area contributed by atoms with Crippen LogP contribution in [0.4, 0.5) is 0 Å². The summed E-state index contributed by atoms with van der Waals surface area (Å²) in [7, 11) is 1.63. The lowest BCUT2D eigenvalue weighted by molar-refractivity contribution is -0.120. The van der Waals surface area contributed by atoms with Crippen LogP contribution in [0.2, 0.25) is 0 Å². The van der Waals surface area contributed by atoms with Gasteiger partial charge < -0.3 is 20.4 Å². The van der Waals surface area contributed by atoms with Crippen molar-refractivity contribution >= 4 is 5.91 Å². The van der Waals surface area contributed by atoms with Gasteiger partial charge in [-0.2, -0.15) is 0 Å². The summed E-state index contributed by atoms with van der Waals surface area (Å²) in [6.07, 6.45) is 4.15. The summed E-state index contributed by atoms with van der Waals surface area (Å²) in [6.45, 7) is 2.24. The number of nitrogens with zero attached hydrogens (tertiary/aromatic N) is 1.